The maximum atomic E-state index is 11.1. The van der Waals surface area contributed by atoms with Gasteiger partial charge in [-0.15, -0.1) is 0 Å². The molecule has 2 aromatic rings. The molecule has 0 saturated heterocycles. The fourth-order valence-corrected chi connectivity index (χ4v) is 1.51. The van der Waals surface area contributed by atoms with Gasteiger partial charge in [0, 0.05) is 5.69 Å². The highest BCUT2D eigenvalue weighted by Gasteiger charge is 2.05. The molecule has 0 bridgehead atoms. The molecule has 2 N–H and O–H groups in total. The summed E-state index contributed by atoms with van der Waals surface area (Å²) in [5, 5.41) is 9.29. The summed E-state index contributed by atoms with van der Waals surface area (Å²) >= 11 is 0. The van der Waals surface area contributed by atoms with E-state index in [1.165, 1.54) is 0 Å². The highest BCUT2D eigenvalue weighted by atomic mass is 16.1. The zero-order chi connectivity index (χ0) is 12.4. The summed E-state index contributed by atoms with van der Waals surface area (Å²) in [6.45, 7) is 5.80. The summed E-state index contributed by atoms with van der Waals surface area (Å²) in [5.74, 6) is 0.488. The van der Waals surface area contributed by atoms with E-state index in [1.807, 2.05) is 32.0 Å². The average molecular weight is 230 g/mol. The Labute approximate surface area is 98.9 Å². The third kappa shape index (κ3) is 2.50. The van der Waals surface area contributed by atoms with E-state index in [0.29, 0.717) is 11.5 Å². The predicted octanol–water partition coefficient (Wildman–Crippen LogP) is 1.83. The van der Waals surface area contributed by atoms with Crippen LogP contribution in [0.25, 0.3) is 0 Å². The number of benzene rings is 1. The van der Waals surface area contributed by atoms with Crippen molar-refractivity contribution in [3.05, 3.63) is 45.5 Å². The first kappa shape index (κ1) is 11.3. The van der Waals surface area contributed by atoms with E-state index in [4.69, 9.17) is 0 Å². The van der Waals surface area contributed by atoms with E-state index in [2.05, 4.69) is 20.5 Å². The molecule has 0 fully saturated rings. The molecule has 0 saturated carbocycles. The molecule has 1 heterocycles. The molecule has 0 atom stereocenters. The molecule has 0 aliphatic rings. The van der Waals surface area contributed by atoms with E-state index in [9.17, 15) is 4.79 Å². The molecule has 0 amide bonds. The van der Waals surface area contributed by atoms with Crippen molar-refractivity contribution < 1.29 is 0 Å². The van der Waals surface area contributed by atoms with Crippen LogP contribution in [-0.4, -0.2) is 15.2 Å². The molecule has 0 radical (unpaired) electrons. The number of aromatic amines is 1. The SMILES string of the molecule is Cc1ccc(C)c(Nc2nc(=O)[nH]nc2C)c1. The molecule has 1 aromatic carbocycles. The summed E-state index contributed by atoms with van der Waals surface area (Å²) in [7, 11) is 0. The number of H-pyrrole nitrogens is 1. The summed E-state index contributed by atoms with van der Waals surface area (Å²) in [6, 6.07) is 6.07. The molecule has 2 rings (SSSR count). The molecule has 5 nitrogen and oxygen atoms in total. The summed E-state index contributed by atoms with van der Waals surface area (Å²) in [6.07, 6.45) is 0. The molecule has 1 aromatic heterocycles. The lowest BCUT2D eigenvalue weighted by Gasteiger charge is -2.10. The lowest BCUT2D eigenvalue weighted by molar-refractivity contribution is 0.884. The zero-order valence-electron chi connectivity index (χ0n) is 10.0. The molecule has 0 aliphatic carbocycles. The van der Waals surface area contributed by atoms with Gasteiger partial charge in [0.05, 0.1) is 0 Å². The first-order chi connectivity index (χ1) is 8.06. The molecule has 0 unspecified atom stereocenters. The van der Waals surface area contributed by atoms with Crippen molar-refractivity contribution >= 4 is 11.5 Å². The van der Waals surface area contributed by atoms with Gasteiger partial charge in [-0.3, -0.25) is 0 Å². The first-order valence-corrected chi connectivity index (χ1v) is 5.34. The predicted molar refractivity (Wildman–Crippen MR) is 66.6 cm³/mol. The number of nitrogens with one attached hydrogen (secondary N) is 2. The Bertz CT molecular complexity index is 604. The lowest BCUT2D eigenvalue weighted by atomic mass is 10.1. The quantitative estimate of drug-likeness (QED) is 0.825. The van der Waals surface area contributed by atoms with E-state index < -0.39 is 5.69 Å². The van der Waals surface area contributed by atoms with Crippen LogP contribution in [0.15, 0.2) is 23.0 Å². The maximum Gasteiger partial charge on any atom is 0.363 e. The van der Waals surface area contributed by atoms with Crippen LogP contribution in [0.4, 0.5) is 11.5 Å². The normalized spacial score (nSPS) is 10.3. The second-order valence-electron chi connectivity index (χ2n) is 4.02. The number of rotatable bonds is 2. The molecular weight excluding hydrogens is 216 g/mol. The molecular formula is C12H14N4O. The minimum atomic E-state index is -0.455. The van der Waals surface area contributed by atoms with Crippen molar-refractivity contribution in [3.63, 3.8) is 0 Å². The van der Waals surface area contributed by atoms with Gasteiger partial charge in [0.1, 0.15) is 5.69 Å². The van der Waals surface area contributed by atoms with Gasteiger partial charge >= 0.3 is 5.69 Å². The van der Waals surface area contributed by atoms with Gasteiger partial charge in [0.25, 0.3) is 0 Å². The van der Waals surface area contributed by atoms with Gasteiger partial charge in [0.2, 0.25) is 0 Å². The van der Waals surface area contributed by atoms with Gasteiger partial charge < -0.3 is 5.32 Å². The minimum Gasteiger partial charge on any atom is -0.338 e. The van der Waals surface area contributed by atoms with Crippen LogP contribution in [0, 0.1) is 20.8 Å². The van der Waals surface area contributed by atoms with Gasteiger partial charge in [-0.05, 0) is 38.0 Å². The van der Waals surface area contributed by atoms with Crippen LogP contribution in [0.3, 0.4) is 0 Å². The van der Waals surface area contributed by atoms with Crippen LogP contribution in [0.5, 0.6) is 0 Å². The zero-order valence-corrected chi connectivity index (χ0v) is 10.0. The molecule has 5 heteroatoms. The molecule has 0 aliphatic heterocycles. The summed E-state index contributed by atoms with van der Waals surface area (Å²) in [5.41, 5.74) is 3.38. The summed E-state index contributed by atoms with van der Waals surface area (Å²) < 4.78 is 0. The third-order valence-corrected chi connectivity index (χ3v) is 2.52. The summed E-state index contributed by atoms with van der Waals surface area (Å²) in [4.78, 5) is 15.0. The first-order valence-electron chi connectivity index (χ1n) is 5.34. The number of nitrogens with zero attached hydrogens (tertiary/aromatic N) is 2. The largest absolute Gasteiger partial charge is 0.363 e. The van der Waals surface area contributed by atoms with Gasteiger partial charge in [-0.25, -0.2) is 9.89 Å². The van der Waals surface area contributed by atoms with Crippen molar-refractivity contribution in [2.75, 3.05) is 5.32 Å². The maximum absolute atomic E-state index is 11.1. The van der Waals surface area contributed by atoms with Crippen LogP contribution < -0.4 is 11.0 Å². The Balaban J connectivity index is 2.40. The average Bonchev–Trinajstić information content (AvgIpc) is 2.28. The smallest absolute Gasteiger partial charge is 0.338 e. The highest BCUT2D eigenvalue weighted by Crippen LogP contribution is 2.20. The number of aromatic nitrogens is 3. The highest BCUT2D eigenvalue weighted by molar-refractivity contribution is 5.62. The topological polar surface area (TPSA) is 70.7 Å². The minimum absolute atomic E-state index is 0.455. The second kappa shape index (κ2) is 4.37. The lowest BCUT2D eigenvalue weighted by Crippen LogP contribution is -2.15. The van der Waals surface area contributed by atoms with Gasteiger partial charge in [-0.2, -0.15) is 10.1 Å². The Morgan fingerprint density at radius 3 is 2.76 bits per heavy atom. The standard InChI is InChI=1S/C12H14N4O/c1-7-4-5-8(2)10(6-7)13-11-9(3)15-16-12(17)14-11/h4-6H,1-3H3,(H2,13,14,16,17). The van der Waals surface area contributed by atoms with Crippen molar-refractivity contribution in [1.29, 1.82) is 0 Å². The van der Waals surface area contributed by atoms with E-state index >= 15 is 0 Å². The Morgan fingerprint density at radius 2 is 2.00 bits per heavy atom. The second-order valence-corrected chi connectivity index (χ2v) is 4.02. The number of aryl methyl sites for hydroxylation is 3. The van der Waals surface area contributed by atoms with Crippen molar-refractivity contribution in [2.45, 2.75) is 20.8 Å². The van der Waals surface area contributed by atoms with Crippen LogP contribution in [0.1, 0.15) is 16.8 Å². The van der Waals surface area contributed by atoms with E-state index in [1.54, 1.807) is 6.92 Å². The van der Waals surface area contributed by atoms with Crippen LogP contribution in [-0.2, 0) is 0 Å². The van der Waals surface area contributed by atoms with E-state index in [-0.39, 0.29) is 0 Å². The number of hydrogen-bond donors (Lipinski definition) is 2. The van der Waals surface area contributed by atoms with E-state index in [0.717, 1.165) is 16.8 Å². The van der Waals surface area contributed by atoms with Crippen molar-refractivity contribution in [1.82, 2.24) is 15.2 Å². The fourth-order valence-electron chi connectivity index (χ4n) is 1.51. The van der Waals surface area contributed by atoms with Crippen LogP contribution in [0.2, 0.25) is 0 Å². The number of anilines is 2. The molecule has 0 spiro atoms. The Kier molecular flexibility index (Phi) is 2.91. The van der Waals surface area contributed by atoms with Crippen molar-refractivity contribution in [3.8, 4) is 0 Å². The number of hydrogen-bond acceptors (Lipinski definition) is 4. The molecule has 17 heavy (non-hydrogen) atoms. The monoisotopic (exact) mass is 230 g/mol. The Hall–Kier alpha value is -2.17. The van der Waals surface area contributed by atoms with Gasteiger partial charge in [-0.1, -0.05) is 12.1 Å². The van der Waals surface area contributed by atoms with Gasteiger partial charge in [0.15, 0.2) is 5.82 Å². The fraction of sp³-hybridized carbons (Fsp3) is 0.250. The van der Waals surface area contributed by atoms with Crippen LogP contribution >= 0.6 is 0 Å². The third-order valence-electron chi connectivity index (χ3n) is 2.52. The Morgan fingerprint density at radius 1 is 1.24 bits per heavy atom. The molecule has 88 valence electrons. The van der Waals surface area contributed by atoms with Crippen molar-refractivity contribution in [2.24, 2.45) is 0 Å².